The lowest BCUT2D eigenvalue weighted by Gasteiger charge is -2.29. The molecule has 0 fully saturated rings. The van der Waals surface area contributed by atoms with Crippen molar-refractivity contribution in [1.82, 2.24) is 0 Å². The Balaban J connectivity index is 0.00000180. The first-order valence-corrected chi connectivity index (χ1v) is 6.54. The summed E-state index contributed by atoms with van der Waals surface area (Å²) in [7, 11) is 4.57. The van der Waals surface area contributed by atoms with Crippen LogP contribution in [-0.2, 0) is 13.0 Å². The second kappa shape index (κ2) is 7.70. The van der Waals surface area contributed by atoms with Crippen LogP contribution in [0, 0.1) is 0 Å². The van der Waals surface area contributed by atoms with Gasteiger partial charge >= 0.3 is 0 Å². The van der Waals surface area contributed by atoms with E-state index in [9.17, 15) is 0 Å². The largest absolute Gasteiger partial charge is 1.00 e. The summed E-state index contributed by atoms with van der Waals surface area (Å²) in [6.45, 7) is 2.24. The summed E-state index contributed by atoms with van der Waals surface area (Å²) in [5, 5.41) is 0. The zero-order valence-corrected chi connectivity index (χ0v) is 13.8. The van der Waals surface area contributed by atoms with E-state index in [1.54, 1.807) is 6.26 Å². The van der Waals surface area contributed by atoms with E-state index in [-0.39, 0.29) is 24.0 Å². The average molecular weight is 371 g/mol. The van der Waals surface area contributed by atoms with Crippen LogP contribution < -0.4 is 24.0 Å². The van der Waals surface area contributed by atoms with Gasteiger partial charge in [0.15, 0.2) is 0 Å². The summed E-state index contributed by atoms with van der Waals surface area (Å²) in [5.41, 5.74) is 1.40. The molecule has 0 saturated carbocycles. The van der Waals surface area contributed by atoms with Crippen molar-refractivity contribution in [3.8, 4) is 0 Å². The first-order chi connectivity index (χ1) is 8.66. The van der Waals surface area contributed by atoms with Gasteiger partial charge < -0.3 is 32.9 Å². The lowest BCUT2D eigenvalue weighted by atomic mass is 10.1. The number of halogens is 1. The number of rotatable bonds is 6. The van der Waals surface area contributed by atoms with Gasteiger partial charge in [0.05, 0.1) is 26.9 Å². The van der Waals surface area contributed by atoms with Gasteiger partial charge in [0.1, 0.15) is 12.3 Å². The fourth-order valence-electron chi connectivity index (χ4n) is 2.29. The van der Waals surface area contributed by atoms with E-state index in [1.165, 1.54) is 5.56 Å². The molecule has 3 heteroatoms. The summed E-state index contributed by atoms with van der Waals surface area (Å²) in [6.07, 6.45) is 3.94. The first-order valence-electron chi connectivity index (χ1n) is 6.54. The average Bonchev–Trinajstić information content (AvgIpc) is 2.82. The predicted octanol–water partition coefficient (Wildman–Crippen LogP) is 0.493. The van der Waals surface area contributed by atoms with Crippen LogP contribution in [0.15, 0.2) is 53.1 Å². The number of hydrogen-bond acceptors (Lipinski definition) is 1. The fourth-order valence-corrected chi connectivity index (χ4v) is 2.29. The summed E-state index contributed by atoms with van der Waals surface area (Å²) in [4.78, 5) is 0. The van der Waals surface area contributed by atoms with E-state index in [0.717, 1.165) is 36.2 Å². The number of benzene rings is 1. The summed E-state index contributed by atoms with van der Waals surface area (Å²) in [6, 6.07) is 14.7. The molecule has 0 aliphatic rings. The Hall–Kier alpha value is -0.810. The number of furan rings is 1. The van der Waals surface area contributed by atoms with Gasteiger partial charge in [-0.25, -0.2) is 0 Å². The molecule has 0 N–H and O–H groups in total. The van der Waals surface area contributed by atoms with Crippen molar-refractivity contribution in [2.45, 2.75) is 19.4 Å². The Morgan fingerprint density at radius 2 is 1.74 bits per heavy atom. The number of nitrogens with zero attached hydrogens (tertiary/aromatic N) is 1. The number of hydrogen-bond donors (Lipinski definition) is 0. The van der Waals surface area contributed by atoms with E-state index >= 15 is 0 Å². The number of aryl methyl sites for hydroxylation is 1. The highest BCUT2D eigenvalue weighted by atomic mass is 127. The summed E-state index contributed by atoms with van der Waals surface area (Å²) >= 11 is 0. The highest BCUT2D eigenvalue weighted by molar-refractivity contribution is 5.13. The van der Waals surface area contributed by atoms with E-state index in [0.29, 0.717) is 0 Å². The molecular weight excluding hydrogens is 349 g/mol. The second-order valence-corrected chi connectivity index (χ2v) is 5.49. The van der Waals surface area contributed by atoms with Crippen LogP contribution in [-0.4, -0.2) is 25.1 Å². The van der Waals surface area contributed by atoms with Crippen molar-refractivity contribution in [1.29, 1.82) is 0 Å². The van der Waals surface area contributed by atoms with E-state index in [2.05, 4.69) is 50.5 Å². The van der Waals surface area contributed by atoms with Crippen LogP contribution in [0.2, 0.25) is 0 Å². The minimum absolute atomic E-state index is 0. The quantitative estimate of drug-likeness (QED) is 0.532. The molecule has 1 aromatic heterocycles. The zero-order chi connectivity index (χ0) is 12.8. The molecule has 0 bridgehead atoms. The van der Waals surface area contributed by atoms with E-state index < -0.39 is 0 Å². The smallest absolute Gasteiger partial charge is 0.104 e. The van der Waals surface area contributed by atoms with Crippen molar-refractivity contribution < 1.29 is 32.9 Å². The van der Waals surface area contributed by atoms with Crippen molar-refractivity contribution in [3.05, 3.63) is 60.1 Å². The monoisotopic (exact) mass is 371 g/mol. The van der Waals surface area contributed by atoms with Crippen LogP contribution in [0.1, 0.15) is 17.7 Å². The fraction of sp³-hybridized carbons (Fsp3) is 0.375. The van der Waals surface area contributed by atoms with Gasteiger partial charge in [-0.05, 0) is 12.1 Å². The first kappa shape index (κ1) is 16.2. The van der Waals surface area contributed by atoms with Crippen molar-refractivity contribution in [3.63, 3.8) is 0 Å². The van der Waals surface area contributed by atoms with Gasteiger partial charge in [0.25, 0.3) is 0 Å². The third-order valence-electron chi connectivity index (χ3n) is 3.22. The summed E-state index contributed by atoms with van der Waals surface area (Å²) < 4.78 is 6.38. The molecule has 0 amide bonds. The normalized spacial score (nSPS) is 11.1. The van der Waals surface area contributed by atoms with Crippen LogP contribution in [0.5, 0.6) is 0 Å². The Kier molecular flexibility index (Phi) is 6.58. The lowest BCUT2D eigenvalue weighted by Crippen LogP contribution is -3.00. The third kappa shape index (κ3) is 5.78. The molecule has 0 aliphatic heterocycles. The van der Waals surface area contributed by atoms with Gasteiger partial charge in [-0.1, -0.05) is 30.3 Å². The molecule has 1 aromatic carbocycles. The Morgan fingerprint density at radius 1 is 1.00 bits per heavy atom. The molecule has 0 atom stereocenters. The Bertz CT molecular complexity index is 451. The number of quaternary nitrogens is 1. The van der Waals surface area contributed by atoms with Crippen molar-refractivity contribution >= 4 is 0 Å². The van der Waals surface area contributed by atoms with E-state index in [1.807, 2.05) is 6.07 Å². The van der Waals surface area contributed by atoms with Gasteiger partial charge in [-0.3, -0.25) is 0 Å². The molecule has 0 radical (unpaired) electrons. The van der Waals surface area contributed by atoms with Crippen LogP contribution >= 0.6 is 0 Å². The second-order valence-electron chi connectivity index (χ2n) is 5.49. The molecule has 1 heterocycles. The van der Waals surface area contributed by atoms with Crippen LogP contribution in [0.3, 0.4) is 0 Å². The molecule has 104 valence electrons. The van der Waals surface area contributed by atoms with Crippen LogP contribution in [0.25, 0.3) is 0 Å². The van der Waals surface area contributed by atoms with Crippen molar-refractivity contribution in [2.24, 2.45) is 0 Å². The highest BCUT2D eigenvalue weighted by Gasteiger charge is 2.15. The molecule has 2 nitrogen and oxygen atoms in total. The van der Waals surface area contributed by atoms with Crippen LogP contribution in [0.4, 0.5) is 0 Å². The van der Waals surface area contributed by atoms with Gasteiger partial charge in [-0.15, -0.1) is 0 Å². The maximum absolute atomic E-state index is 5.36. The van der Waals surface area contributed by atoms with Crippen molar-refractivity contribution in [2.75, 3.05) is 20.6 Å². The topological polar surface area (TPSA) is 13.1 Å². The summed E-state index contributed by atoms with van der Waals surface area (Å²) in [5.74, 6) is 1.09. The maximum Gasteiger partial charge on any atom is 0.104 e. The maximum atomic E-state index is 5.36. The molecule has 0 unspecified atom stereocenters. The molecule has 2 aromatic rings. The molecule has 19 heavy (non-hydrogen) atoms. The minimum atomic E-state index is 0. The Labute approximate surface area is 133 Å². The van der Waals surface area contributed by atoms with Gasteiger partial charge in [-0.2, -0.15) is 0 Å². The molecule has 2 rings (SSSR count). The lowest BCUT2D eigenvalue weighted by molar-refractivity contribution is -0.903. The predicted molar refractivity (Wildman–Crippen MR) is 74.2 cm³/mol. The van der Waals surface area contributed by atoms with Gasteiger partial charge in [0.2, 0.25) is 0 Å². The molecule has 0 saturated heterocycles. The minimum Gasteiger partial charge on any atom is -1.00 e. The molecular formula is C16H22INO. The Morgan fingerprint density at radius 3 is 2.37 bits per heavy atom. The highest BCUT2D eigenvalue weighted by Crippen LogP contribution is 2.11. The SMILES string of the molecule is C[N+](C)(CCCc1ccco1)Cc1ccccc1.[I-]. The molecule has 0 aliphatic carbocycles. The van der Waals surface area contributed by atoms with E-state index in [4.69, 9.17) is 4.42 Å². The third-order valence-corrected chi connectivity index (χ3v) is 3.22. The zero-order valence-electron chi connectivity index (χ0n) is 11.7. The molecule has 0 spiro atoms. The van der Waals surface area contributed by atoms with Gasteiger partial charge in [0, 0.05) is 18.4 Å². The standard InChI is InChI=1S/C16H22NO.HI/c1-17(2,14-15-8-4-3-5-9-15)12-6-10-16-11-7-13-18-16;/h3-5,7-9,11,13H,6,10,12,14H2,1-2H3;1H/q+1;/p-1.